The van der Waals surface area contributed by atoms with Crippen LogP contribution < -0.4 is 16.5 Å². The molecule has 1 saturated heterocycles. The lowest BCUT2D eigenvalue weighted by molar-refractivity contribution is -0.287. The molecule has 0 spiro atoms. The number of ether oxygens (including phenoxy) is 2. The van der Waals surface area contributed by atoms with Gasteiger partial charge in [-0.1, -0.05) is 68.9 Å². The molecular weight excluding hydrogens is 560 g/mol. The normalized spacial score (nSPS) is 25.0. The Kier molecular flexibility index (Phi) is 16.4. The molecule has 13 nitrogen and oxygen atoms in total. The molecule has 1 fully saturated rings. The zero-order valence-corrected chi connectivity index (χ0v) is 29.0. The van der Waals surface area contributed by atoms with E-state index in [0.717, 1.165) is 5.84 Å². The Morgan fingerprint density at radius 3 is 1.58 bits per heavy atom. The summed E-state index contributed by atoms with van der Waals surface area (Å²) in [6, 6.07) is 0. The smallest absolute Gasteiger partial charge is 0.313 e. The number of esters is 1. The maximum Gasteiger partial charge on any atom is 0.313 e. The number of aliphatic hydroxyl groups is 6. The first-order valence-corrected chi connectivity index (χ1v) is 14.4. The molecule has 0 bridgehead atoms. The third kappa shape index (κ3) is 16.0. The van der Waals surface area contributed by atoms with Crippen molar-refractivity contribution in [1.29, 1.82) is 0 Å². The third-order valence-electron chi connectivity index (χ3n) is 6.94. The molecular formula is C30H64N4O9. The fourth-order valence-electron chi connectivity index (χ4n) is 2.06. The second-order valence-electron chi connectivity index (χ2n) is 15.5. The average Bonchev–Trinajstić information content (AvgIpc) is 3.33. The monoisotopic (exact) mass is 624 g/mol. The molecule has 0 aromatic rings. The predicted molar refractivity (Wildman–Crippen MR) is 169 cm³/mol. The van der Waals surface area contributed by atoms with Crippen molar-refractivity contribution in [2.75, 3.05) is 0 Å². The summed E-state index contributed by atoms with van der Waals surface area (Å²) >= 11 is 0. The Morgan fingerprint density at radius 1 is 0.930 bits per heavy atom. The van der Waals surface area contributed by atoms with E-state index in [4.69, 9.17) is 14.6 Å². The molecule has 0 aromatic heterocycles. The molecule has 0 aliphatic carbocycles. The van der Waals surface area contributed by atoms with Crippen LogP contribution in [0.1, 0.15) is 105 Å². The number of hydrogen-bond acceptors (Lipinski definition) is 13. The summed E-state index contributed by atoms with van der Waals surface area (Å²) in [5.74, 6) is -0.250. The number of amidine groups is 1. The molecule has 2 heterocycles. The first-order valence-electron chi connectivity index (χ1n) is 14.4. The van der Waals surface area contributed by atoms with Gasteiger partial charge < -0.3 is 40.1 Å². The van der Waals surface area contributed by atoms with Gasteiger partial charge in [0.15, 0.2) is 0 Å². The maximum absolute atomic E-state index is 11.7. The Morgan fingerprint density at radius 2 is 1.35 bits per heavy atom. The van der Waals surface area contributed by atoms with Crippen LogP contribution in [0, 0.1) is 21.7 Å². The van der Waals surface area contributed by atoms with Crippen molar-refractivity contribution >= 4 is 11.8 Å². The molecule has 0 radical (unpaired) electrons. The summed E-state index contributed by atoms with van der Waals surface area (Å²) in [4.78, 5) is 11.7. The summed E-state index contributed by atoms with van der Waals surface area (Å²) in [5.41, 5.74) is 6.92. The second kappa shape index (κ2) is 16.4. The van der Waals surface area contributed by atoms with E-state index >= 15 is 0 Å². The molecule has 2 aliphatic heterocycles. The third-order valence-corrected chi connectivity index (χ3v) is 6.94. The number of aliphatic hydroxyl groups excluding tert-OH is 5. The minimum absolute atomic E-state index is 0. The summed E-state index contributed by atoms with van der Waals surface area (Å²) < 4.78 is 9.99. The van der Waals surface area contributed by atoms with Crippen LogP contribution in [-0.4, -0.2) is 84.9 Å². The zero-order chi connectivity index (χ0) is 34.9. The van der Waals surface area contributed by atoms with Crippen molar-refractivity contribution in [2.45, 2.75) is 146 Å². The number of hydrazine groups is 2. The van der Waals surface area contributed by atoms with Gasteiger partial charge in [-0.25, -0.2) is 5.53 Å². The van der Waals surface area contributed by atoms with Gasteiger partial charge in [0.05, 0.1) is 17.1 Å². The second-order valence-corrected chi connectivity index (χ2v) is 15.5. The van der Waals surface area contributed by atoms with Gasteiger partial charge in [0, 0.05) is 6.84 Å². The lowest BCUT2D eigenvalue weighted by Crippen LogP contribution is -2.59. The van der Waals surface area contributed by atoms with E-state index in [1.54, 1.807) is 27.7 Å². The molecule has 13 heteroatoms. The summed E-state index contributed by atoms with van der Waals surface area (Å²) in [6.07, 6.45) is -7.82. The van der Waals surface area contributed by atoms with E-state index in [9.17, 15) is 30.3 Å². The van der Waals surface area contributed by atoms with E-state index in [1.807, 2.05) is 55.4 Å². The number of hydrogen-bond donors (Lipinski definition) is 9. The number of nitrogens with zero attached hydrogens (tertiary/aromatic N) is 1. The fraction of sp³-hybridized carbons (Fsp3) is 0.867. The van der Waals surface area contributed by atoms with Gasteiger partial charge in [-0.3, -0.25) is 10.2 Å². The van der Waals surface area contributed by atoms with Crippen LogP contribution in [0.15, 0.2) is 17.4 Å². The van der Waals surface area contributed by atoms with Gasteiger partial charge >= 0.3 is 5.97 Å². The van der Waals surface area contributed by atoms with Crippen molar-refractivity contribution < 1.29 is 46.3 Å². The molecule has 2 rings (SSSR count). The molecule has 0 aromatic carbocycles. The van der Waals surface area contributed by atoms with Crippen LogP contribution in [0.2, 0.25) is 0 Å². The van der Waals surface area contributed by atoms with E-state index in [1.165, 1.54) is 0 Å². The van der Waals surface area contributed by atoms with Crippen molar-refractivity contribution in [3.63, 3.8) is 0 Å². The van der Waals surface area contributed by atoms with E-state index in [-0.39, 0.29) is 23.8 Å². The molecule has 258 valence electrons. The van der Waals surface area contributed by atoms with E-state index in [2.05, 4.69) is 48.9 Å². The zero-order valence-electron chi connectivity index (χ0n) is 29.0. The minimum Gasteiger partial charge on any atom is -0.510 e. The quantitative estimate of drug-likeness (QED) is 0.161. The van der Waals surface area contributed by atoms with Crippen LogP contribution in [-0.2, 0) is 14.3 Å². The van der Waals surface area contributed by atoms with Crippen molar-refractivity contribution in [3.05, 3.63) is 12.3 Å². The van der Waals surface area contributed by atoms with Crippen molar-refractivity contribution in [2.24, 2.45) is 26.8 Å². The molecule has 6 atom stereocenters. The highest BCUT2D eigenvalue weighted by Crippen LogP contribution is 2.29. The standard InChI is InChI=1S/C12H20O7.C7H16O.C6H14O.C5H12N4.H2/c1-5(13)9-7(15)6(14)8(16)10(18-9)19-11(17)12(2,3)4;1-6(2,3)7(4,5)8;1-5(7)6(2,3)4;1-5(2,3)4-6-8-9-7-4;/h6-10,13-16H,1H2,2-4H3;8H,1-5H3;5,7H,1-4H3;8-9H,1-3H3,(H,6,7);1H/t6-,7-,8+,9+,10?;;;;/m0..../s1. The fourth-order valence-corrected chi connectivity index (χ4v) is 2.06. The largest absolute Gasteiger partial charge is 0.510 e. The Bertz CT molecular complexity index is 885. The maximum atomic E-state index is 11.7. The SMILES string of the molecule is C=C(O)[C@H]1OC(OC(=O)C(C)(C)C)[C@H](O)[C@@H](O)[C@@H]1O.CC(C)(C)C(C)(C)O.CC(C)(C)C1=NNNN1.CC(O)C(C)(C)C.[HH]. The molecule has 43 heavy (non-hydrogen) atoms. The molecule has 0 amide bonds. The molecule has 2 aliphatic rings. The first kappa shape index (κ1) is 43.1. The lowest BCUT2D eigenvalue weighted by Gasteiger charge is -2.39. The van der Waals surface area contributed by atoms with E-state index in [0.29, 0.717) is 0 Å². The van der Waals surface area contributed by atoms with Crippen LogP contribution in [0.5, 0.6) is 0 Å². The molecule has 9 N–H and O–H groups in total. The highest BCUT2D eigenvalue weighted by atomic mass is 16.7. The summed E-state index contributed by atoms with van der Waals surface area (Å²) in [7, 11) is 0. The Labute approximate surface area is 260 Å². The highest BCUT2D eigenvalue weighted by molar-refractivity contribution is 5.87. The number of nitrogens with one attached hydrogen (secondary N) is 3. The van der Waals surface area contributed by atoms with Gasteiger partial charge in [-0.05, 0) is 52.4 Å². The summed E-state index contributed by atoms with van der Waals surface area (Å²) in [5, 5.41) is 60.4. The lowest BCUT2D eigenvalue weighted by atomic mass is 9.79. The first-order chi connectivity index (χ1) is 18.9. The van der Waals surface area contributed by atoms with Gasteiger partial charge in [0.2, 0.25) is 6.29 Å². The minimum atomic E-state index is -1.62. The van der Waals surface area contributed by atoms with Crippen molar-refractivity contribution in [1.82, 2.24) is 16.5 Å². The number of rotatable bonds is 2. The van der Waals surface area contributed by atoms with Crippen LogP contribution >= 0.6 is 0 Å². The van der Waals surface area contributed by atoms with Gasteiger partial charge in [0.25, 0.3) is 0 Å². The highest BCUT2D eigenvalue weighted by Gasteiger charge is 2.47. The molecule has 2 unspecified atom stereocenters. The van der Waals surface area contributed by atoms with Gasteiger partial charge in [0.1, 0.15) is 36.0 Å². The Hall–Kier alpha value is -2.00. The molecule has 0 saturated carbocycles. The number of hydrazone groups is 1. The van der Waals surface area contributed by atoms with Crippen LogP contribution in [0.3, 0.4) is 0 Å². The summed E-state index contributed by atoms with van der Waals surface area (Å²) in [6.45, 7) is 31.8. The van der Waals surface area contributed by atoms with Crippen LogP contribution in [0.25, 0.3) is 0 Å². The Balaban J connectivity index is -0.000000563. The number of carbonyl (C=O) groups is 1. The average molecular weight is 625 g/mol. The van der Waals surface area contributed by atoms with Crippen molar-refractivity contribution in [3.8, 4) is 0 Å². The predicted octanol–water partition coefficient (Wildman–Crippen LogP) is 2.88. The van der Waals surface area contributed by atoms with Gasteiger partial charge in [-0.2, -0.15) is 0 Å². The number of carbonyl (C=O) groups excluding carboxylic acids is 1. The van der Waals surface area contributed by atoms with Crippen LogP contribution in [0.4, 0.5) is 0 Å². The van der Waals surface area contributed by atoms with Gasteiger partial charge in [-0.15, -0.1) is 10.6 Å². The van der Waals surface area contributed by atoms with E-state index < -0.39 is 53.5 Å². The topological polar surface area (TPSA) is 205 Å².